The summed E-state index contributed by atoms with van der Waals surface area (Å²) in [6, 6.07) is 0. The Kier molecular flexibility index (Phi) is 5.95. The summed E-state index contributed by atoms with van der Waals surface area (Å²) in [5, 5.41) is 3.89. The average molecular weight is 393 g/mol. The summed E-state index contributed by atoms with van der Waals surface area (Å²) in [6.07, 6.45) is 5.14. The molecule has 1 unspecified atom stereocenters. The van der Waals surface area contributed by atoms with Gasteiger partial charge in [-0.1, -0.05) is 12.1 Å². The summed E-state index contributed by atoms with van der Waals surface area (Å²) in [5.41, 5.74) is -1.02. The third kappa shape index (κ3) is 4.64. The number of amides is 2. The van der Waals surface area contributed by atoms with Gasteiger partial charge in [0.1, 0.15) is 5.60 Å². The molecule has 0 saturated carbocycles. The zero-order valence-corrected chi connectivity index (χ0v) is 17.4. The fourth-order valence-corrected chi connectivity index (χ4v) is 4.19. The van der Waals surface area contributed by atoms with Crippen LogP contribution in [-0.4, -0.2) is 63.7 Å². The molecule has 2 saturated heterocycles. The number of hydrogen-bond donors (Lipinski definition) is 0. The molecule has 2 aliphatic heterocycles. The second kappa shape index (κ2) is 8.09. The summed E-state index contributed by atoms with van der Waals surface area (Å²) in [7, 11) is 0. The molecule has 0 radical (unpaired) electrons. The Balaban J connectivity index is 1.56. The van der Waals surface area contributed by atoms with Gasteiger partial charge in [-0.05, 0) is 52.4 Å². The Bertz CT molecular complexity index is 677. The third-order valence-corrected chi connectivity index (χ3v) is 5.92. The van der Waals surface area contributed by atoms with Gasteiger partial charge in [0.25, 0.3) is 0 Å². The molecule has 156 valence electrons. The molecule has 3 rings (SSSR count). The van der Waals surface area contributed by atoms with Gasteiger partial charge in [0.05, 0.1) is 5.41 Å². The number of nitrogens with zero attached hydrogens (tertiary/aromatic N) is 4. The first-order valence-electron chi connectivity index (χ1n) is 10.2. The van der Waals surface area contributed by atoms with Gasteiger partial charge in [0.2, 0.25) is 12.3 Å². The first kappa shape index (κ1) is 20.6. The van der Waals surface area contributed by atoms with E-state index in [-0.39, 0.29) is 12.0 Å². The molecule has 1 aromatic rings. The second-order valence-corrected chi connectivity index (χ2v) is 9.07. The molecule has 0 aliphatic carbocycles. The standard InChI is InChI=1S/C20H32N4O4/c1-5-20(8-11-24(13-20)18(26)28-19(2,3)4)17(25)23-9-6-15(7-10-23)12-16-21-14-27-22-16/h14-15H,5-13H2,1-4H3. The largest absolute Gasteiger partial charge is 0.444 e. The number of likely N-dealkylation sites (tertiary alicyclic amines) is 2. The number of hydrogen-bond acceptors (Lipinski definition) is 6. The number of carbonyl (C=O) groups is 2. The van der Waals surface area contributed by atoms with Gasteiger partial charge in [-0.25, -0.2) is 4.79 Å². The van der Waals surface area contributed by atoms with Crippen molar-refractivity contribution >= 4 is 12.0 Å². The van der Waals surface area contributed by atoms with Gasteiger partial charge >= 0.3 is 6.09 Å². The monoisotopic (exact) mass is 392 g/mol. The highest BCUT2D eigenvalue weighted by atomic mass is 16.6. The molecule has 0 N–H and O–H groups in total. The molecular weight excluding hydrogens is 360 g/mol. The molecule has 1 atom stereocenters. The van der Waals surface area contributed by atoms with Gasteiger partial charge in [0.15, 0.2) is 5.82 Å². The van der Waals surface area contributed by atoms with Crippen molar-refractivity contribution in [1.29, 1.82) is 0 Å². The van der Waals surface area contributed by atoms with E-state index in [1.807, 2.05) is 32.6 Å². The zero-order chi connectivity index (χ0) is 20.4. The lowest BCUT2D eigenvalue weighted by Gasteiger charge is -2.38. The van der Waals surface area contributed by atoms with Crippen molar-refractivity contribution in [2.45, 2.75) is 65.4 Å². The zero-order valence-electron chi connectivity index (χ0n) is 17.4. The Morgan fingerprint density at radius 2 is 1.96 bits per heavy atom. The fraction of sp³-hybridized carbons (Fsp3) is 0.800. The molecular formula is C20H32N4O4. The highest BCUT2D eigenvalue weighted by Gasteiger charge is 2.47. The van der Waals surface area contributed by atoms with Crippen LogP contribution in [0.25, 0.3) is 0 Å². The Labute approximate surface area is 166 Å². The normalized spacial score (nSPS) is 23.9. The van der Waals surface area contributed by atoms with E-state index in [1.54, 1.807) is 4.90 Å². The molecule has 0 aromatic carbocycles. The van der Waals surface area contributed by atoms with Crippen molar-refractivity contribution in [3.05, 3.63) is 12.2 Å². The lowest BCUT2D eigenvalue weighted by atomic mass is 9.81. The predicted molar refractivity (Wildman–Crippen MR) is 102 cm³/mol. The molecule has 2 fully saturated rings. The molecule has 0 spiro atoms. The summed E-state index contributed by atoms with van der Waals surface area (Å²) >= 11 is 0. The first-order chi connectivity index (χ1) is 13.2. The van der Waals surface area contributed by atoms with E-state index >= 15 is 0 Å². The maximum Gasteiger partial charge on any atom is 0.410 e. The summed E-state index contributed by atoms with van der Waals surface area (Å²) in [5.74, 6) is 1.39. The number of piperidine rings is 1. The average Bonchev–Trinajstić information content (AvgIpc) is 3.31. The summed E-state index contributed by atoms with van der Waals surface area (Å²) in [6.45, 7) is 10.1. The van der Waals surface area contributed by atoms with E-state index in [0.29, 0.717) is 25.4 Å². The summed E-state index contributed by atoms with van der Waals surface area (Å²) in [4.78, 5) is 33.5. The SMILES string of the molecule is CCC1(C(=O)N2CCC(Cc3ncon3)CC2)CCN(C(=O)OC(C)(C)C)C1. The van der Waals surface area contributed by atoms with Crippen LogP contribution in [0.1, 0.15) is 59.2 Å². The molecule has 3 heterocycles. The molecule has 8 nitrogen and oxygen atoms in total. The molecule has 2 aliphatic rings. The van der Waals surface area contributed by atoms with Crippen LogP contribution in [0, 0.1) is 11.3 Å². The van der Waals surface area contributed by atoms with Crippen LogP contribution in [0.5, 0.6) is 0 Å². The van der Waals surface area contributed by atoms with Crippen LogP contribution in [0.2, 0.25) is 0 Å². The van der Waals surface area contributed by atoms with Crippen molar-refractivity contribution < 1.29 is 18.8 Å². The summed E-state index contributed by atoms with van der Waals surface area (Å²) < 4.78 is 10.3. The van der Waals surface area contributed by atoms with E-state index in [9.17, 15) is 9.59 Å². The van der Waals surface area contributed by atoms with Crippen molar-refractivity contribution in [2.75, 3.05) is 26.2 Å². The lowest BCUT2D eigenvalue weighted by Crippen LogP contribution is -2.49. The fourth-order valence-electron chi connectivity index (χ4n) is 4.19. The van der Waals surface area contributed by atoms with Crippen LogP contribution < -0.4 is 0 Å². The molecule has 28 heavy (non-hydrogen) atoms. The van der Waals surface area contributed by atoms with Gasteiger partial charge < -0.3 is 19.1 Å². The molecule has 2 amide bonds. The highest BCUT2D eigenvalue weighted by molar-refractivity contribution is 5.84. The van der Waals surface area contributed by atoms with Gasteiger partial charge in [-0.2, -0.15) is 4.98 Å². The first-order valence-corrected chi connectivity index (χ1v) is 10.2. The van der Waals surface area contributed by atoms with Crippen molar-refractivity contribution in [3.63, 3.8) is 0 Å². The van der Waals surface area contributed by atoms with Crippen LogP contribution in [0.4, 0.5) is 4.79 Å². The smallest absolute Gasteiger partial charge is 0.410 e. The van der Waals surface area contributed by atoms with E-state index in [2.05, 4.69) is 10.1 Å². The molecule has 0 bridgehead atoms. The van der Waals surface area contributed by atoms with Crippen LogP contribution in [-0.2, 0) is 16.0 Å². The quantitative estimate of drug-likeness (QED) is 0.783. The Hall–Kier alpha value is -2.12. The number of rotatable bonds is 4. The lowest BCUT2D eigenvalue weighted by molar-refractivity contribution is -0.143. The topological polar surface area (TPSA) is 88.8 Å². The minimum atomic E-state index is -0.529. The van der Waals surface area contributed by atoms with Gasteiger partial charge in [-0.3, -0.25) is 4.79 Å². The second-order valence-electron chi connectivity index (χ2n) is 9.07. The number of ether oxygens (including phenoxy) is 1. The van der Waals surface area contributed by atoms with E-state index in [0.717, 1.165) is 44.6 Å². The van der Waals surface area contributed by atoms with Crippen LogP contribution >= 0.6 is 0 Å². The van der Waals surface area contributed by atoms with Crippen LogP contribution in [0.15, 0.2) is 10.9 Å². The number of carbonyl (C=O) groups excluding carboxylic acids is 2. The predicted octanol–water partition coefficient (Wildman–Crippen LogP) is 2.89. The van der Waals surface area contributed by atoms with E-state index in [4.69, 9.17) is 9.26 Å². The number of aromatic nitrogens is 2. The Morgan fingerprint density at radius 1 is 1.25 bits per heavy atom. The highest BCUT2D eigenvalue weighted by Crippen LogP contribution is 2.37. The molecule has 1 aromatic heterocycles. The van der Waals surface area contributed by atoms with Crippen molar-refractivity contribution in [3.8, 4) is 0 Å². The van der Waals surface area contributed by atoms with Crippen LogP contribution in [0.3, 0.4) is 0 Å². The van der Waals surface area contributed by atoms with Crippen molar-refractivity contribution in [1.82, 2.24) is 19.9 Å². The Morgan fingerprint density at radius 3 is 2.54 bits per heavy atom. The van der Waals surface area contributed by atoms with E-state index in [1.165, 1.54) is 6.39 Å². The maximum atomic E-state index is 13.3. The van der Waals surface area contributed by atoms with Gasteiger partial charge in [0, 0.05) is 32.6 Å². The maximum absolute atomic E-state index is 13.3. The van der Waals surface area contributed by atoms with E-state index < -0.39 is 11.0 Å². The minimum absolute atomic E-state index is 0.180. The third-order valence-electron chi connectivity index (χ3n) is 5.92. The van der Waals surface area contributed by atoms with Crippen molar-refractivity contribution in [2.24, 2.45) is 11.3 Å². The molecule has 8 heteroatoms. The van der Waals surface area contributed by atoms with Gasteiger partial charge in [-0.15, -0.1) is 0 Å². The minimum Gasteiger partial charge on any atom is -0.444 e.